The molecule has 3 rings (SSSR count). The maximum atomic E-state index is 13.3. The molecule has 0 saturated heterocycles. The van der Waals surface area contributed by atoms with Gasteiger partial charge in [0.05, 0.1) is 12.8 Å². The first-order valence-corrected chi connectivity index (χ1v) is 9.49. The average Bonchev–Trinajstić information content (AvgIpc) is 3.33. The van der Waals surface area contributed by atoms with Crippen LogP contribution in [-0.2, 0) is 19.4 Å². The summed E-state index contributed by atoms with van der Waals surface area (Å²) in [5.74, 6) is 1.49. The summed E-state index contributed by atoms with van der Waals surface area (Å²) in [5.41, 5.74) is 0.964. The summed E-state index contributed by atoms with van der Waals surface area (Å²) in [5, 5.41) is 8.70. The number of guanidine groups is 1. The van der Waals surface area contributed by atoms with Crippen LogP contribution in [0.4, 0.5) is 4.39 Å². The normalized spacial score (nSPS) is 11.1. The van der Waals surface area contributed by atoms with E-state index in [0.717, 1.165) is 36.7 Å². The van der Waals surface area contributed by atoms with Crippen LogP contribution in [-0.4, -0.2) is 19.0 Å². The molecule has 0 fully saturated rings. The molecule has 1 aromatic carbocycles. The Morgan fingerprint density at radius 3 is 2.59 bits per heavy atom. The van der Waals surface area contributed by atoms with E-state index in [9.17, 15) is 4.39 Å². The van der Waals surface area contributed by atoms with E-state index in [-0.39, 0.29) is 29.8 Å². The maximum absolute atomic E-state index is 13.3. The predicted molar refractivity (Wildman–Crippen MR) is 119 cm³/mol. The van der Waals surface area contributed by atoms with Crippen molar-refractivity contribution in [2.45, 2.75) is 19.4 Å². The number of hydrogen-bond donors (Lipinski definition) is 2. The second kappa shape index (κ2) is 11.8. The summed E-state index contributed by atoms with van der Waals surface area (Å²) >= 11 is 1.69. The molecule has 0 radical (unpaired) electrons. The van der Waals surface area contributed by atoms with Gasteiger partial charge in [0.1, 0.15) is 11.6 Å². The molecule has 0 saturated carbocycles. The molecule has 2 aromatic heterocycles. The molecular weight excluding hydrogens is 476 g/mol. The third-order valence-electron chi connectivity index (χ3n) is 3.81. The van der Waals surface area contributed by atoms with Crippen molar-refractivity contribution < 1.29 is 8.81 Å². The van der Waals surface area contributed by atoms with Crippen LogP contribution in [0.3, 0.4) is 0 Å². The molecule has 7 heteroatoms. The number of aliphatic imine (C=N–C) groups is 1. The van der Waals surface area contributed by atoms with Crippen molar-refractivity contribution in [3.63, 3.8) is 0 Å². The Kier molecular flexibility index (Phi) is 9.34. The van der Waals surface area contributed by atoms with Crippen molar-refractivity contribution in [2.75, 3.05) is 13.1 Å². The molecule has 0 amide bonds. The van der Waals surface area contributed by atoms with Gasteiger partial charge in [0.15, 0.2) is 5.96 Å². The van der Waals surface area contributed by atoms with Gasteiger partial charge in [-0.2, -0.15) is 0 Å². The highest BCUT2D eigenvalue weighted by molar-refractivity contribution is 14.0. The summed E-state index contributed by atoms with van der Waals surface area (Å²) in [6.45, 7) is 2.04. The van der Waals surface area contributed by atoms with E-state index in [0.29, 0.717) is 13.1 Å². The summed E-state index contributed by atoms with van der Waals surface area (Å²) in [7, 11) is 0. The summed E-state index contributed by atoms with van der Waals surface area (Å²) in [6, 6.07) is 14.6. The number of benzene rings is 1. The lowest BCUT2D eigenvalue weighted by Gasteiger charge is -2.12. The van der Waals surface area contributed by atoms with Crippen molar-refractivity contribution in [2.24, 2.45) is 4.99 Å². The Bertz CT molecular complexity index is 807. The number of nitrogens with zero attached hydrogens (tertiary/aromatic N) is 1. The van der Waals surface area contributed by atoms with Crippen LogP contribution in [0.25, 0.3) is 0 Å². The first-order valence-electron chi connectivity index (χ1n) is 8.61. The van der Waals surface area contributed by atoms with Crippen molar-refractivity contribution in [3.05, 3.63) is 82.2 Å². The quantitative estimate of drug-likeness (QED) is 0.270. The molecular formula is C20H23FIN3OS. The van der Waals surface area contributed by atoms with Gasteiger partial charge in [-0.15, -0.1) is 35.3 Å². The van der Waals surface area contributed by atoms with Crippen molar-refractivity contribution in [1.82, 2.24) is 10.6 Å². The number of halogens is 2. The number of furan rings is 1. The van der Waals surface area contributed by atoms with Gasteiger partial charge < -0.3 is 15.1 Å². The van der Waals surface area contributed by atoms with Gasteiger partial charge in [0.2, 0.25) is 0 Å². The van der Waals surface area contributed by atoms with Crippen LogP contribution in [0.2, 0.25) is 0 Å². The zero-order valence-electron chi connectivity index (χ0n) is 14.9. The van der Waals surface area contributed by atoms with Crippen molar-refractivity contribution in [1.29, 1.82) is 0 Å². The van der Waals surface area contributed by atoms with Crippen LogP contribution in [0.5, 0.6) is 0 Å². The molecule has 2 heterocycles. The number of hydrogen-bond acceptors (Lipinski definition) is 3. The average molecular weight is 499 g/mol. The standard InChI is InChI=1S/C20H22FN3OS.HI/c21-17-5-1-4-16(14-17)8-10-22-20(24-15-19-7-3-13-26-19)23-11-9-18-6-2-12-25-18;/h1-7,12-14H,8-11,15H2,(H2,22,23,24);1H. The van der Waals surface area contributed by atoms with Crippen molar-refractivity contribution >= 4 is 41.3 Å². The van der Waals surface area contributed by atoms with Crippen LogP contribution in [0, 0.1) is 5.82 Å². The lowest BCUT2D eigenvalue weighted by atomic mass is 10.1. The fourth-order valence-corrected chi connectivity index (χ4v) is 3.14. The highest BCUT2D eigenvalue weighted by atomic mass is 127. The van der Waals surface area contributed by atoms with Crippen LogP contribution >= 0.6 is 35.3 Å². The Morgan fingerprint density at radius 2 is 1.89 bits per heavy atom. The highest BCUT2D eigenvalue weighted by Gasteiger charge is 2.02. The summed E-state index contributed by atoms with van der Waals surface area (Å²) in [6.07, 6.45) is 3.20. The molecule has 144 valence electrons. The Balaban J connectivity index is 0.00000261. The van der Waals surface area contributed by atoms with Gasteiger partial charge in [-0.1, -0.05) is 18.2 Å². The largest absolute Gasteiger partial charge is 0.469 e. The molecule has 0 aliphatic carbocycles. The molecule has 2 N–H and O–H groups in total. The highest BCUT2D eigenvalue weighted by Crippen LogP contribution is 2.09. The van der Waals surface area contributed by atoms with E-state index in [1.54, 1.807) is 29.7 Å². The molecule has 0 bridgehead atoms. The van der Waals surface area contributed by atoms with Gasteiger partial charge in [-0.25, -0.2) is 9.38 Å². The number of nitrogens with one attached hydrogen (secondary N) is 2. The van der Waals surface area contributed by atoms with E-state index in [1.165, 1.54) is 10.9 Å². The third-order valence-corrected chi connectivity index (χ3v) is 4.67. The minimum absolute atomic E-state index is 0. The smallest absolute Gasteiger partial charge is 0.191 e. The zero-order chi connectivity index (χ0) is 18.0. The fourth-order valence-electron chi connectivity index (χ4n) is 2.51. The summed E-state index contributed by atoms with van der Waals surface area (Å²) < 4.78 is 18.6. The van der Waals surface area contributed by atoms with Gasteiger partial charge >= 0.3 is 0 Å². The van der Waals surface area contributed by atoms with E-state index < -0.39 is 0 Å². The van der Waals surface area contributed by atoms with E-state index in [1.807, 2.05) is 29.6 Å². The lowest BCUT2D eigenvalue weighted by Crippen LogP contribution is -2.39. The second-order valence-electron chi connectivity index (χ2n) is 5.81. The van der Waals surface area contributed by atoms with E-state index in [2.05, 4.69) is 21.7 Å². The molecule has 0 atom stereocenters. The minimum Gasteiger partial charge on any atom is -0.469 e. The number of rotatable bonds is 8. The fraction of sp³-hybridized carbons (Fsp3) is 0.250. The lowest BCUT2D eigenvalue weighted by molar-refractivity contribution is 0.506. The van der Waals surface area contributed by atoms with Crippen LogP contribution in [0.1, 0.15) is 16.2 Å². The Morgan fingerprint density at radius 1 is 1.04 bits per heavy atom. The maximum Gasteiger partial charge on any atom is 0.191 e. The summed E-state index contributed by atoms with van der Waals surface area (Å²) in [4.78, 5) is 5.84. The zero-order valence-corrected chi connectivity index (χ0v) is 18.0. The van der Waals surface area contributed by atoms with E-state index >= 15 is 0 Å². The second-order valence-corrected chi connectivity index (χ2v) is 6.84. The SMILES string of the molecule is Fc1cccc(CCNC(=NCc2cccs2)NCCc2ccco2)c1.I. The minimum atomic E-state index is -0.203. The Hall–Kier alpha value is -1.87. The van der Waals surface area contributed by atoms with Crippen LogP contribution < -0.4 is 10.6 Å². The first-order chi connectivity index (χ1) is 12.8. The third kappa shape index (κ3) is 7.72. The van der Waals surface area contributed by atoms with Crippen molar-refractivity contribution in [3.8, 4) is 0 Å². The predicted octanol–water partition coefficient (Wildman–Crippen LogP) is 4.62. The molecule has 4 nitrogen and oxygen atoms in total. The monoisotopic (exact) mass is 499 g/mol. The first kappa shape index (κ1) is 21.4. The van der Waals surface area contributed by atoms with Gasteiger partial charge in [0.25, 0.3) is 0 Å². The molecule has 27 heavy (non-hydrogen) atoms. The number of thiophene rings is 1. The van der Waals surface area contributed by atoms with Gasteiger partial charge in [-0.3, -0.25) is 0 Å². The molecule has 0 aliphatic heterocycles. The topological polar surface area (TPSA) is 49.6 Å². The van der Waals surface area contributed by atoms with Crippen LogP contribution in [0.15, 0.2) is 69.6 Å². The molecule has 3 aromatic rings. The van der Waals surface area contributed by atoms with Gasteiger partial charge in [0, 0.05) is 24.4 Å². The van der Waals surface area contributed by atoms with Gasteiger partial charge in [-0.05, 0) is 47.7 Å². The van der Waals surface area contributed by atoms with E-state index in [4.69, 9.17) is 4.42 Å². The molecule has 0 aliphatic rings. The Labute approximate surface area is 179 Å². The molecule has 0 unspecified atom stereocenters. The molecule has 0 spiro atoms.